The molecule has 0 bridgehead atoms. The van der Waals surface area contributed by atoms with E-state index in [1.165, 1.54) is 60.3 Å². The zero-order chi connectivity index (χ0) is 37.5. The van der Waals surface area contributed by atoms with Crippen molar-refractivity contribution in [1.82, 2.24) is 24.1 Å². The molecule has 0 spiro atoms. The average molecular weight is 728 g/mol. The molecule has 0 saturated heterocycles. The first-order valence-corrected chi connectivity index (χ1v) is 19.4. The number of rotatable bonds is 5. The fourth-order valence-electron chi connectivity index (χ4n) is 8.98. The van der Waals surface area contributed by atoms with E-state index in [1.54, 1.807) is 0 Å². The van der Waals surface area contributed by atoms with E-state index in [0.717, 1.165) is 40.0 Å². The van der Waals surface area contributed by atoms with Crippen molar-refractivity contribution in [2.45, 2.75) is 6.42 Å². The van der Waals surface area contributed by atoms with Gasteiger partial charge in [-0.05, 0) is 77.2 Å². The summed E-state index contributed by atoms with van der Waals surface area (Å²) in [4.78, 5) is 15.1. The Balaban J connectivity index is 1.11. The molecule has 12 rings (SSSR count). The standard InChI is InChI=1S/C52H33N5/c1-3-14-33(15-4-1)50-53-51(34-16-5-2-6-17-34)55-52(54-50)36-19-13-20-38(29-36)57-48-31-39(56-46-24-11-9-22-41(46)42-23-10-12-25-47(42)56)26-27-43(48)45-30-37-28-35-18-7-8-21-40(35)44(37)32-49(45)57/h1-27,29-32H,28H2. The van der Waals surface area contributed by atoms with Gasteiger partial charge in [-0.3, -0.25) is 0 Å². The van der Waals surface area contributed by atoms with Crippen molar-refractivity contribution in [1.29, 1.82) is 0 Å². The molecule has 8 aromatic carbocycles. The molecule has 0 amide bonds. The summed E-state index contributed by atoms with van der Waals surface area (Å²) in [5.74, 6) is 1.92. The van der Waals surface area contributed by atoms with E-state index in [1.807, 2.05) is 60.7 Å². The number of aromatic nitrogens is 5. The van der Waals surface area contributed by atoms with Crippen LogP contribution < -0.4 is 0 Å². The fraction of sp³-hybridized carbons (Fsp3) is 0.0192. The summed E-state index contributed by atoms with van der Waals surface area (Å²) in [5.41, 5.74) is 15.0. The second-order valence-electron chi connectivity index (χ2n) is 14.9. The van der Waals surface area contributed by atoms with Crippen LogP contribution in [0.15, 0.2) is 188 Å². The lowest BCUT2D eigenvalue weighted by Gasteiger charge is -2.13. The van der Waals surface area contributed by atoms with Crippen molar-refractivity contribution in [2.24, 2.45) is 0 Å². The summed E-state index contributed by atoms with van der Waals surface area (Å²) < 4.78 is 4.84. The minimum atomic E-state index is 0.631. The van der Waals surface area contributed by atoms with Crippen LogP contribution in [0.2, 0.25) is 0 Å². The lowest BCUT2D eigenvalue weighted by atomic mass is 10.0. The highest BCUT2D eigenvalue weighted by atomic mass is 15.0. The Morgan fingerprint density at radius 1 is 0.316 bits per heavy atom. The van der Waals surface area contributed by atoms with Gasteiger partial charge in [0.15, 0.2) is 17.5 Å². The molecule has 1 aliphatic carbocycles. The molecular weight excluding hydrogens is 695 g/mol. The van der Waals surface area contributed by atoms with Gasteiger partial charge in [0.2, 0.25) is 0 Å². The van der Waals surface area contributed by atoms with Crippen LogP contribution in [0.1, 0.15) is 11.1 Å². The second-order valence-corrected chi connectivity index (χ2v) is 14.9. The predicted molar refractivity (Wildman–Crippen MR) is 233 cm³/mol. The zero-order valence-corrected chi connectivity index (χ0v) is 30.8. The number of fused-ring (bicyclic) bond motifs is 9. The maximum absolute atomic E-state index is 5.09. The van der Waals surface area contributed by atoms with Gasteiger partial charge in [0.1, 0.15) is 0 Å². The summed E-state index contributed by atoms with van der Waals surface area (Å²) in [6.07, 6.45) is 0.940. The summed E-state index contributed by atoms with van der Waals surface area (Å²) >= 11 is 0. The molecular formula is C52H33N5. The number of hydrogen-bond acceptors (Lipinski definition) is 3. The lowest BCUT2D eigenvalue weighted by molar-refractivity contribution is 1.07. The molecule has 0 atom stereocenters. The second kappa shape index (κ2) is 12.4. The van der Waals surface area contributed by atoms with Gasteiger partial charge in [-0.1, -0.05) is 140 Å². The van der Waals surface area contributed by atoms with Gasteiger partial charge in [0.05, 0.1) is 22.1 Å². The largest absolute Gasteiger partial charge is 0.309 e. The SMILES string of the molecule is c1ccc(-c2nc(-c3ccccc3)nc(-c3cccc(-n4c5cc(-n6c7ccccc7c7ccccc76)ccc5c5cc6c(cc54)-c4ccccc4C6)c3)n2)cc1. The van der Waals surface area contributed by atoms with Crippen molar-refractivity contribution in [3.63, 3.8) is 0 Å². The Morgan fingerprint density at radius 2 is 0.842 bits per heavy atom. The molecule has 0 N–H and O–H groups in total. The first-order valence-electron chi connectivity index (χ1n) is 19.4. The van der Waals surface area contributed by atoms with Crippen LogP contribution in [0.5, 0.6) is 0 Å². The average Bonchev–Trinajstić information content (AvgIpc) is 3.93. The first kappa shape index (κ1) is 31.7. The molecule has 57 heavy (non-hydrogen) atoms. The third-order valence-electron chi connectivity index (χ3n) is 11.6. The summed E-state index contributed by atoms with van der Waals surface area (Å²) in [6, 6.07) is 67.0. The summed E-state index contributed by atoms with van der Waals surface area (Å²) in [7, 11) is 0. The Morgan fingerprint density at radius 3 is 1.54 bits per heavy atom. The molecule has 5 nitrogen and oxygen atoms in total. The van der Waals surface area contributed by atoms with Crippen LogP contribution in [0, 0.1) is 0 Å². The Bertz CT molecular complexity index is 3270. The van der Waals surface area contributed by atoms with Gasteiger partial charge in [0.25, 0.3) is 0 Å². The molecule has 5 heteroatoms. The van der Waals surface area contributed by atoms with E-state index in [4.69, 9.17) is 15.0 Å². The number of nitrogens with zero attached hydrogens (tertiary/aromatic N) is 5. The summed E-state index contributed by atoms with van der Waals surface area (Å²) in [6.45, 7) is 0. The van der Waals surface area contributed by atoms with E-state index in [9.17, 15) is 0 Å². The highest BCUT2D eigenvalue weighted by Crippen LogP contribution is 2.43. The van der Waals surface area contributed by atoms with E-state index >= 15 is 0 Å². The van der Waals surface area contributed by atoms with Crippen LogP contribution in [-0.4, -0.2) is 24.1 Å². The van der Waals surface area contributed by atoms with Gasteiger partial charge < -0.3 is 9.13 Å². The van der Waals surface area contributed by atoms with E-state index < -0.39 is 0 Å². The Labute approximate surface area is 328 Å². The molecule has 3 heterocycles. The molecule has 266 valence electrons. The third kappa shape index (κ3) is 4.99. The molecule has 0 fully saturated rings. The molecule has 0 saturated carbocycles. The molecule has 11 aromatic rings. The monoisotopic (exact) mass is 727 g/mol. The van der Waals surface area contributed by atoms with E-state index in [0.29, 0.717) is 17.5 Å². The Kier molecular flexibility index (Phi) is 6.92. The lowest BCUT2D eigenvalue weighted by Crippen LogP contribution is -2.01. The van der Waals surface area contributed by atoms with E-state index in [2.05, 4.69) is 137 Å². The van der Waals surface area contributed by atoms with Crippen LogP contribution in [0.4, 0.5) is 0 Å². The van der Waals surface area contributed by atoms with Gasteiger partial charge in [-0.25, -0.2) is 15.0 Å². The predicted octanol–water partition coefficient (Wildman–Crippen LogP) is 12.6. The van der Waals surface area contributed by atoms with Crippen molar-refractivity contribution < 1.29 is 0 Å². The minimum absolute atomic E-state index is 0.631. The van der Waals surface area contributed by atoms with Gasteiger partial charge >= 0.3 is 0 Å². The van der Waals surface area contributed by atoms with Crippen LogP contribution >= 0.6 is 0 Å². The van der Waals surface area contributed by atoms with E-state index in [-0.39, 0.29) is 0 Å². The van der Waals surface area contributed by atoms with Gasteiger partial charge in [-0.2, -0.15) is 0 Å². The highest BCUT2D eigenvalue weighted by molar-refractivity contribution is 6.13. The molecule has 0 aliphatic heterocycles. The van der Waals surface area contributed by atoms with Crippen molar-refractivity contribution in [3.05, 3.63) is 199 Å². The Hall–Kier alpha value is -7.63. The zero-order valence-electron chi connectivity index (χ0n) is 30.8. The third-order valence-corrected chi connectivity index (χ3v) is 11.6. The first-order chi connectivity index (χ1) is 28.2. The van der Waals surface area contributed by atoms with Crippen molar-refractivity contribution in [3.8, 4) is 56.7 Å². The molecule has 0 unspecified atom stereocenters. The van der Waals surface area contributed by atoms with Crippen molar-refractivity contribution in [2.75, 3.05) is 0 Å². The van der Waals surface area contributed by atoms with Crippen LogP contribution in [0.3, 0.4) is 0 Å². The smallest absolute Gasteiger partial charge is 0.164 e. The van der Waals surface area contributed by atoms with Crippen LogP contribution in [0.25, 0.3) is 100 Å². The summed E-state index contributed by atoms with van der Waals surface area (Å²) in [5, 5.41) is 4.96. The quantitative estimate of drug-likeness (QED) is 0.177. The fourth-order valence-corrected chi connectivity index (χ4v) is 8.98. The number of benzene rings is 8. The molecule has 3 aromatic heterocycles. The van der Waals surface area contributed by atoms with Gasteiger partial charge in [-0.15, -0.1) is 0 Å². The molecule has 1 aliphatic rings. The minimum Gasteiger partial charge on any atom is -0.309 e. The topological polar surface area (TPSA) is 48.5 Å². The van der Waals surface area contributed by atoms with Crippen molar-refractivity contribution >= 4 is 43.6 Å². The maximum Gasteiger partial charge on any atom is 0.164 e. The van der Waals surface area contributed by atoms with Crippen LogP contribution in [-0.2, 0) is 6.42 Å². The molecule has 0 radical (unpaired) electrons. The van der Waals surface area contributed by atoms with Gasteiger partial charge in [0, 0.05) is 49.6 Å². The number of para-hydroxylation sites is 2. The maximum atomic E-state index is 5.09. The normalized spacial score (nSPS) is 12.1. The highest BCUT2D eigenvalue weighted by Gasteiger charge is 2.23. The number of hydrogen-bond donors (Lipinski definition) is 0.